The Morgan fingerprint density at radius 2 is 1.78 bits per heavy atom. The molecule has 1 aliphatic heterocycles. The van der Waals surface area contributed by atoms with Crippen LogP contribution >= 0.6 is 34.2 Å². The molecule has 1 N–H and O–H groups in total. The number of methoxy groups -OCH3 is 1. The molecule has 1 aliphatic rings. The quantitative estimate of drug-likeness (QED) is 0.241. The molecule has 3 amide bonds. The second kappa shape index (κ2) is 9.62. The summed E-state index contributed by atoms with van der Waals surface area (Å²) in [5, 5.41) is 3.26. The molecule has 0 atom stereocenters. The number of carbonyl (C=O) groups is 2. The first kappa shape index (κ1) is 22.2. The summed E-state index contributed by atoms with van der Waals surface area (Å²) >= 11 is 8.36. The number of nitrogens with zero attached hydrogens (tertiary/aromatic N) is 1. The highest BCUT2D eigenvalue weighted by molar-refractivity contribution is 14.1. The van der Waals surface area contributed by atoms with E-state index in [0.717, 1.165) is 14.0 Å². The normalized spacial score (nSPS) is 14.6. The lowest BCUT2D eigenvalue weighted by Gasteiger charge is -2.14. The number of anilines is 1. The van der Waals surface area contributed by atoms with Crippen LogP contribution in [0.1, 0.15) is 11.1 Å². The maximum Gasteiger partial charge on any atom is 0.333 e. The van der Waals surface area contributed by atoms with Crippen molar-refractivity contribution in [1.82, 2.24) is 5.32 Å². The molecule has 0 unspecified atom stereocenters. The molecule has 3 aromatic rings. The number of halogens is 2. The predicted octanol–water partition coefficient (Wildman–Crippen LogP) is 5.63. The number of rotatable bonds is 6. The van der Waals surface area contributed by atoms with Crippen molar-refractivity contribution in [3.05, 3.63) is 92.1 Å². The van der Waals surface area contributed by atoms with E-state index in [1.54, 1.807) is 43.5 Å². The summed E-state index contributed by atoms with van der Waals surface area (Å²) in [6.45, 7) is 0.285. The van der Waals surface area contributed by atoms with Gasteiger partial charge in [0.2, 0.25) is 0 Å². The lowest BCUT2D eigenvalue weighted by Crippen LogP contribution is -2.30. The number of nitrogens with one attached hydrogen (secondary N) is 1. The Morgan fingerprint density at radius 3 is 2.50 bits per heavy atom. The zero-order valence-electron chi connectivity index (χ0n) is 17.0. The third-order valence-corrected chi connectivity index (χ3v) is 5.96. The van der Waals surface area contributed by atoms with Gasteiger partial charge in [-0.05, 0) is 64.6 Å². The predicted molar refractivity (Wildman–Crippen MR) is 132 cm³/mol. The first-order valence-corrected chi connectivity index (χ1v) is 11.1. The van der Waals surface area contributed by atoms with Crippen molar-refractivity contribution in [3.8, 4) is 11.5 Å². The maximum absolute atomic E-state index is 12.8. The van der Waals surface area contributed by atoms with Gasteiger partial charge in [0.15, 0.2) is 11.5 Å². The monoisotopic (exact) mass is 560 g/mol. The second-order valence-electron chi connectivity index (χ2n) is 6.88. The largest absolute Gasteiger partial charge is 0.493 e. The molecule has 3 aromatic carbocycles. The Morgan fingerprint density at radius 1 is 1.06 bits per heavy atom. The highest BCUT2D eigenvalue weighted by atomic mass is 127. The van der Waals surface area contributed by atoms with Crippen LogP contribution in [-0.2, 0) is 11.4 Å². The van der Waals surface area contributed by atoms with Crippen molar-refractivity contribution in [3.63, 3.8) is 0 Å². The van der Waals surface area contributed by atoms with E-state index in [4.69, 9.17) is 21.1 Å². The van der Waals surface area contributed by atoms with Crippen molar-refractivity contribution in [2.75, 3.05) is 12.0 Å². The first-order valence-electron chi connectivity index (χ1n) is 9.64. The number of imide groups is 1. The number of benzene rings is 3. The molecule has 0 spiro atoms. The lowest BCUT2D eigenvalue weighted by atomic mass is 10.1. The number of hydrogen-bond donors (Lipinski definition) is 1. The van der Waals surface area contributed by atoms with Gasteiger partial charge in [-0.15, -0.1) is 0 Å². The maximum atomic E-state index is 12.8. The molecule has 6 nitrogen and oxygen atoms in total. The van der Waals surface area contributed by atoms with Gasteiger partial charge in [-0.25, -0.2) is 9.69 Å². The molecule has 1 saturated heterocycles. The molecule has 0 bridgehead atoms. The number of carbonyl (C=O) groups excluding carboxylic acids is 2. The molecule has 0 aliphatic carbocycles. The van der Waals surface area contributed by atoms with Gasteiger partial charge in [0.25, 0.3) is 5.91 Å². The van der Waals surface area contributed by atoms with Crippen molar-refractivity contribution in [2.24, 2.45) is 0 Å². The van der Waals surface area contributed by atoms with E-state index in [9.17, 15) is 9.59 Å². The van der Waals surface area contributed by atoms with Crippen LogP contribution in [0.3, 0.4) is 0 Å². The second-order valence-corrected chi connectivity index (χ2v) is 8.45. The van der Waals surface area contributed by atoms with Crippen LogP contribution in [0.4, 0.5) is 10.5 Å². The fourth-order valence-corrected chi connectivity index (χ4v) is 4.21. The summed E-state index contributed by atoms with van der Waals surface area (Å²) in [4.78, 5) is 26.3. The van der Waals surface area contributed by atoms with E-state index in [1.165, 1.54) is 0 Å². The summed E-state index contributed by atoms with van der Waals surface area (Å²) in [5.41, 5.74) is 2.24. The van der Waals surface area contributed by atoms with Gasteiger partial charge in [-0.3, -0.25) is 4.79 Å². The third-order valence-electron chi connectivity index (χ3n) is 4.79. The van der Waals surface area contributed by atoms with Crippen LogP contribution < -0.4 is 19.7 Å². The van der Waals surface area contributed by atoms with E-state index < -0.39 is 11.9 Å². The fourth-order valence-electron chi connectivity index (χ4n) is 3.24. The molecule has 8 heteroatoms. The molecular formula is C24H18ClIN2O4. The highest BCUT2D eigenvalue weighted by Gasteiger charge is 2.34. The number of ether oxygens (including phenoxy) is 2. The van der Waals surface area contributed by atoms with Gasteiger partial charge in [0.05, 0.1) is 16.4 Å². The van der Waals surface area contributed by atoms with E-state index in [2.05, 4.69) is 27.9 Å². The third kappa shape index (κ3) is 4.58. The van der Waals surface area contributed by atoms with Gasteiger partial charge in [-0.1, -0.05) is 48.0 Å². The molecule has 0 radical (unpaired) electrons. The Hall–Kier alpha value is -3.04. The van der Waals surface area contributed by atoms with E-state index in [-0.39, 0.29) is 12.3 Å². The molecule has 162 valence electrons. The van der Waals surface area contributed by atoms with E-state index >= 15 is 0 Å². The van der Waals surface area contributed by atoms with Crippen LogP contribution in [-0.4, -0.2) is 19.0 Å². The smallest absolute Gasteiger partial charge is 0.333 e. The van der Waals surface area contributed by atoms with E-state index in [1.807, 2.05) is 36.4 Å². The molecule has 1 heterocycles. The van der Waals surface area contributed by atoms with E-state index in [0.29, 0.717) is 27.8 Å². The standard InChI is InChI=1S/C24H18ClIN2O4/c1-31-21-13-15(11-19(26)22(21)32-14-16-7-5-6-10-18(16)25)12-20-23(29)28(24(30)27-20)17-8-3-2-4-9-17/h2-13H,14H2,1H3,(H,27,30)/b20-12+. The first-order chi connectivity index (χ1) is 15.5. The van der Waals surface area contributed by atoms with Crippen LogP contribution in [0, 0.1) is 3.57 Å². The minimum atomic E-state index is -0.492. The minimum absolute atomic E-state index is 0.182. The summed E-state index contributed by atoms with van der Waals surface area (Å²) in [6.07, 6.45) is 1.62. The fraction of sp³-hybridized carbons (Fsp3) is 0.0833. The molecule has 0 saturated carbocycles. The summed E-state index contributed by atoms with van der Waals surface area (Å²) in [6, 6.07) is 19.3. The van der Waals surface area contributed by atoms with Gasteiger partial charge in [0, 0.05) is 10.6 Å². The number of amides is 3. The van der Waals surface area contributed by atoms with Crippen LogP contribution in [0.25, 0.3) is 6.08 Å². The molecule has 4 rings (SSSR count). The van der Waals surface area contributed by atoms with Crippen molar-refractivity contribution in [2.45, 2.75) is 6.61 Å². The van der Waals surface area contributed by atoms with Crippen molar-refractivity contribution < 1.29 is 19.1 Å². The van der Waals surface area contributed by atoms with Gasteiger partial charge in [-0.2, -0.15) is 0 Å². The topological polar surface area (TPSA) is 67.9 Å². The highest BCUT2D eigenvalue weighted by Crippen LogP contribution is 2.36. The van der Waals surface area contributed by atoms with Crippen LogP contribution in [0.2, 0.25) is 5.02 Å². The zero-order valence-corrected chi connectivity index (χ0v) is 19.9. The zero-order chi connectivity index (χ0) is 22.7. The summed E-state index contributed by atoms with van der Waals surface area (Å²) < 4.78 is 12.3. The van der Waals surface area contributed by atoms with Crippen LogP contribution in [0.15, 0.2) is 72.4 Å². The molecule has 32 heavy (non-hydrogen) atoms. The molecule has 0 aromatic heterocycles. The van der Waals surface area contributed by atoms with Gasteiger partial charge < -0.3 is 14.8 Å². The number of hydrogen-bond acceptors (Lipinski definition) is 4. The summed E-state index contributed by atoms with van der Waals surface area (Å²) in [5.74, 6) is 0.657. The SMILES string of the molecule is COc1cc(/C=C2/NC(=O)N(c3ccccc3)C2=O)cc(I)c1OCc1ccccc1Cl. The van der Waals surface area contributed by atoms with Gasteiger partial charge in [0.1, 0.15) is 12.3 Å². The average molecular weight is 561 g/mol. The minimum Gasteiger partial charge on any atom is -0.493 e. The average Bonchev–Trinajstić information content (AvgIpc) is 3.07. The Bertz CT molecular complexity index is 1210. The van der Waals surface area contributed by atoms with Crippen molar-refractivity contribution >= 4 is 57.9 Å². The number of para-hydroxylation sites is 1. The Labute approximate surface area is 203 Å². The molecular weight excluding hydrogens is 543 g/mol. The Balaban J connectivity index is 1.59. The molecule has 1 fully saturated rings. The van der Waals surface area contributed by atoms with Crippen molar-refractivity contribution in [1.29, 1.82) is 0 Å². The summed E-state index contributed by atoms with van der Waals surface area (Å²) in [7, 11) is 1.55. The Kier molecular flexibility index (Phi) is 6.66. The van der Waals surface area contributed by atoms with Crippen LogP contribution in [0.5, 0.6) is 11.5 Å². The number of urea groups is 1. The van der Waals surface area contributed by atoms with Gasteiger partial charge >= 0.3 is 6.03 Å². The lowest BCUT2D eigenvalue weighted by molar-refractivity contribution is -0.113.